The van der Waals surface area contributed by atoms with Crippen LogP contribution in [0.25, 0.3) is 0 Å². The summed E-state index contributed by atoms with van der Waals surface area (Å²) >= 11 is 5.81. The van der Waals surface area contributed by atoms with Gasteiger partial charge in [-0.3, -0.25) is 0 Å². The number of benzene rings is 1. The lowest BCUT2D eigenvalue weighted by Gasteiger charge is -2.23. The Morgan fingerprint density at radius 1 is 1.44 bits per heavy atom. The maximum Gasteiger partial charge on any atom is 0.170 e. The van der Waals surface area contributed by atoms with E-state index in [0.29, 0.717) is 13.0 Å². The summed E-state index contributed by atoms with van der Waals surface area (Å²) in [6, 6.07) is 7.59. The van der Waals surface area contributed by atoms with Crippen molar-refractivity contribution in [1.82, 2.24) is 0 Å². The Hall–Kier alpha value is -0.610. The van der Waals surface area contributed by atoms with Crippen molar-refractivity contribution < 1.29 is 14.6 Å². The van der Waals surface area contributed by atoms with Crippen molar-refractivity contribution >= 4 is 11.6 Å². The molecule has 2 atom stereocenters. The van der Waals surface area contributed by atoms with Crippen molar-refractivity contribution in [1.29, 1.82) is 0 Å². The lowest BCUT2D eigenvalue weighted by Crippen LogP contribution is -2.30. The van der Waals surface area contributed by atoms with Crippen LogP contribution in [0.1, 0.15) is 12.5 Å². The molecule has 1 aliphatic rings. The highest BCUT2D eigenvalue weighted by Crippen LogP contribution is 2.27. The van der Waals surface area contributed by atoms with Crippen LogP contribution in [0, 0.1) is 0 Å². The van der Waals surface area contributed by atoms with Crippen LogP contribution in [-0.4, -0.2) is 30.2 Å². The third-order valence-electron chi connectivity index (χ3n) is 2.63. The average Bonchev–Trinajstić information content (AvgIpc) is 2.64. The predicted molar refractivity (Wildman–Crippen MR) is 61.5 cm³/mol. The quantitative estimate of drug-likeness (QED) is 0.881. The molecule has 0 aliphatic carbocycles. The molecule has 1 fully saturated rings. The maximum atomic E-state index is 8.98. The summed E-state index contributed by atoms with van der Waals surface area (Å²) in [7, 11) is 0. The number of rotatable bonds is 3. The molecule has 1 heterocycles. The Balaban J connectivity index is 2.01. The molecule has 4 heteroatoms. The predicted octanol–water partition coefficient (Wildman–Crippen LogP) is 2.01. The van der Waals surface area contributed by atoms with Gasteiger partial charge in [-0.25, -0.2) is 0 Å². The fourth-order valence-corrected chi connectivity index (χ4v) is 1.97. The molecule has 3 nitrogen and oxygen atoms in total. The minimum absolute atomic E-state index is 0.00376. The molecule has 0 radical (unpaired) electrons. The normalized spacial score (nSPS) is 29.6. The third kappa shape index (κ3) is 2.74. The highest BCUT2D eigenvalue weighted by atomic mass is 35.5. The number of hydrogen-bond donors (Lipinski definition) is 1. The minimum atomic E-state index is -0.638. The third-order valence-corrected chi connectivity index (χ3v) is 2.88. The molecule has 1 N–H and O–H groups in total. The zero-order valence-corrected chi connectivity index (χ0v) is 9.91. The van der Waals surface area contributed by atoms with Crippen LogP contribution < -0.4 is 0 Å². The Labute approximate surface area is 99.9 Å². The van der Waals surface area contributed by atoms with E-state index in [0.717, 1.165) is 10.6 Å². The Morgan fingerprint density at radius 3 is 2.69 bits per heavy atom. The first-order valence-corrected chi connectivity index (χ1v) is 5.66. The van der Waals surface area contributed by atoms with Gasteiger partial charge in [-0.05, 0) is 24.6 Å². The van der Waals surface area contributed by atoms with Crippen LogP contribution in [0.4, 0.5) is 0 Å². The van der Waals surface area contributed by atoms with Crippen molar-refractivity contribution in [3.8, 4) is 0 Å². The number of halogens is 1. The van der Waals surface area contributed by atoms with Gasteiger partial charge in [0.1, 0.15) is 6.10 Å². The van der Waals surface area contributed by atoms with Crippen LogP contribution in [-0.2, 0) is 15.9 Å². The van der Waals surface area contributed by atoms with E-state index < -0.39 is 5.79 Å². The molecule has 1 saturated heterocycles. The van der Waals surface area contributed by atoms with Crippen molar-refractivity contribution in [2.24, 2.45) is 0 Å². The molecule has 0 saturated carbocycles. The molecule has 0 bridgehead atoms. The van der Waals surface area contributed by atoms with Crippen molar-refractivity contribution in [2.75, 3.05) is 13.2 Å². The van der Waals surface area contributed by atoms with E-state index in [1.54, 1.807) is 0 Å². The zero-order chi connectivity index (χ0) is 11.6. The van der Waals surface area contributed by atoms with E-state index >= 15 is 0 Å². The SMILES string of the molecule is CC1(Cc2ccc(Cl)cc2)OCC(CO)O1. The second kappa shape index (κ2) is 4.72. The van der Waals surface area contributed by atoms with Gasteiger partial charge in [0, 0.05) is 11.4 Å². The molecular weight excluding hydrogens is 228 g/mol. The largest absolute Gasteiger partial charge is 0.394 e. The van der Waals surface area contributed by atoms with E-state index in [4.69, 9.17) is 26.2 Å². The molecule has 2 unspecified atom stereocenters. The second-order valence-corrected chi connectivity index (χ2v) is 4.61. The lowest BCUT2D eigenvalue weighted by molar-refractivity contribution is -0.156. The van der Waals surface area contributed by atoms with Crippen LogP contribution in [0.15, 0.2) is 24.3 Å². The van der Waals surface area contributed by atoms with E-state index in [2.05, 4.69) is 0 Å². The maximum absolute atomic E-state index is 8.98. The first-order chi connectivity index (χ1) is 7.61. The van der Waals surface area contributed by atoms with Gasteiger partial charge in [-0.2, -0.15) is 0 Å². The van der Waals surface area contributed by atoms with Crippen LogP contribution in [0.5, 0.6) is 0 Å². The highest BCUT2D eigenvalue weighted by Gasteiger charge is 2.36. The van der Waals surface area contributed by atoms with E-state index in [1.807, 2.05) is 31.2 Å². The summed E-state index contributed by atoms with van der Waals surface area (Å²) in [6.45, 7) is 2.33. The fourth-order valence-electron chi connectivity index (χ4n) is 1.85. The molecule has 0 aromatic heterocycles. The zero-order valence-electron chi connectivity index (χ0n) is 9.15. The standard InChI is InChI=1S/C12H15ClO3/c1-12(15-8-11(7-14)16-12)6-9-2-4-10(13)5-3-9/h2-5,11,14H,6-8H2,1H3. The fraction of sp³-hybridized carbons (Fsp3) is 0.500. The minimum Gasteiger partial charge on any atom is -0.394 e. The highest BCUT2D eigenvalue weighted by molar-refractivity contribution is 6.30. The number of hydrogen-bond acceptors (Lipinski definition) is 3. The smallest absolute Gasteiger partial charge is 0.170 e. The molecule has 1 aromatic carbocycles. The number of ether oxygens (including phenoxy) is 2. The monoisotopic (exact) mass is 242 g/mol. The number of aliphatic hydroxyl groups is 1. The topological polar surface area (TPSA) is 38.7 Å². The van der Waals surface area contributed by atoms with E-state index in [1.165, 1.54) is 0 Å². The molecule has 88 valence electrons. The van der Waals surface area contributed by atoms with Crippen molar-refractivity contribution in [3.63, 3.8) is 0 Å². The summed E-state index contributed by atoms with van der Waals surface area (Å²) in [4.78, 5) is 0. The van der Waals surface area contributed by atoms with Gasteiger partial charge in [0.05, 0.1) is 13.2 Å². The van der Waals surface area contributed by atoms with Crippen LogP contribution >= 0.6 is 11.6 Å². The molecule has 1 aromatic rings. The summed E-state index contributed by atoms with van der Waals surface area (Å²) < 4.78 is 11.2. The Bertz CT molecular complexity index is 352. The second-order valence-electron chi connectivity index (χ2n) is 4.17. The first kappa shape index (κ1) is 11.9. The summed E-state index contributed by atoms with van der Waals surface area (Å²) in [5.74, 6) is -0.638. The van der Waals surface area contributed by atoms with Crippen LogP contribution in [0.3, 0.4) is 0 Å². The van der Waals surface area contributed by atoms with Gasteiger partial charge in [-0.15, -0.1) is 0 Å². The Kier molecular flexibility index (Phi) is 3.50. The summed E-state index contributed by atoms with van der Waals surface area (Å²) in [5.41, 5.74) is 1.10. The average molecular weight is 243 g/mol. The molecule has 1 aliphatic heterocycles. The van der Waals surface area contributed by atoms with Crippen LogP contribution in [0.2, 0.25) is 5.02 Å². The van der Waals surface area contributed by atoms with Gasteiger partial charge in [0.15, 0.2) is 5.79 Å². The molecular formula is C12H15ClO3. The molecule has 0 amide bonds. The molecule has 16 heavy (non-hydrogen) atoms. The van der Waals surface area contributed by atoms with Gasteiger partial charge >= 0.3 is 0 Å². The lowest BCUT2D eigenvalue weighted by atomic mass is 10.1. The number of aliphatic hydroxyl groups excluding tert-OH is 1. The van der Waals surface area contributed by atoms with E-state index in [9.17, 15) is 0 Å². The van der Waals surface area contributed by atoms with Gasteiger partial charge in [0.25, 0.3) is 0 Å². The van der Waals surface area contributed by atoms with Gasteiger partial charge in [-0.1, -0.05) is 23.7 Å². The molecule has 2 rings (SSSR count). The molecule has 0 spiro atoms. The van der Waals surface area contributed by atoms with E-state index in [-0.39, 0.29) is 12.7 Å². The Morgan fingerprint density at radius 2 is 2.12 bits per heavy atom. The van der Waals surface area contributed by atoms with Crippen molar-refractivity contribution in [3.05, 3.63) is 34.9 Å². The van der Waals surface area contributed by atoms with Crippen molar-refractivity contribution in [2.45, 2.75) is 25.2 Å². The summed E-state index contributed by atoms with van der Waals surface area (Å²) in [5, 5.41) is 9.70. The van der Waals surface area contributed by atoms with Gasteiger partial charge in [0.2, 0.25) is 0 Å². The summed E-state index contributed by atoms with van der Waals surface area (Å²) in [6.07, 6.45) is 0.443. The van der Waals surface area contributed by atoms with Gasteiger partial charge < -0.3 is 14.6 Å². The first-order valence-electron chi connectivity index (χ1n) is 5.28.